The molecule has 0 radical (unpaired) electrons. The van der Waals surface area contributed by atoms with E-state index in [9.17, 15) is 9.59 Å². The molecule has 2 aromatic carbocycles. The van der Waals surface area contributed by atoms with Crippen molar-refractivity contribution in [3.05, 3.63) is 83.6 Å². The number of nitrogens with one attached hydrogen (secondary N) is 1. The molecule has 1 saturated heterocycles. The maximum Gasteiger partial charge on any atom is 0.240 e. The summed E-state index contributed by atoms with van der Waals surface area (Å²) in [6.45, 7) is 2.43. The number of fused-ring (bicyclic) bond motifs is 6. The van der Waals surface area contributed by atoms with E-state index in [1.54, 1.807) is 4.90 Å². The van der Waals surface area contributed by atoms with Crippen LogP contribution in [-0.2, 0) is 21.5 Å². The molecule has 38 heavy (non-hydrogen) atoms. The number of hydrogen-bond donors (Lipinski definition) is 1. The summed E-state index contributed by atoms with van der Waals surface area (Å²) < 4.78 is 6.06. The Morgan fingerprint density at radius 2 is 1.97 bits per heavy atom. The fraction of sp³-hybridized carbons (Fsp3) is 0.367. The van der Waals surface area contributed by atoms with Crippen molar-refractivity contribution >= 4 is 23.3 Å². The molecule has 1 fully saturated rings. The number of nitrogens with zero attached hydrogens (tertiary/aromatic N) is 4. The van der Waals surface area contributed by atoms with Gasteiger partial charge in [-0.3, -0.25) is 14.5 Å². The molecule has 2 atom stereocenters. The molecule has 3 aromatic rings. The minimum Gasteiger partial charge on any atom is -0.494 e. The van der Waals surface area contributed by atoms with Crippen LogP contribution in [0.1, 0.15) is 35.6 Å². The number of anilines is 2. The van der Waals surface area contributed by atoms with E-state index in [0.29, 0.717) is 32.5 Å². The lowest BCUT2D eigenvalue weighted by Crippen LogP contribution is -2.47. The van der Waals surface area contributed by atoms with Crippen molar-refractivity contribution in [3.63, 3.8) is 0 Å². The molecule has 1 N–H and O–H groups in total. The highest BCUT2D eigenvalue weighted by molar-refractivity contribution is 6.11. The van der Waals surface area contributed by atoms with E-state index in [2.05, 4.69) is 39.5 Å². The summed E-state index contributed by atoms with van der Waals surface area (Å²) >= 11 is 0. The first-order valence-electron chi connectivity index (χ1n) is 13.2. The predicted molar refractivity (Wildman–Crippen MR) is 146 cm³/mol. The zero-order chi connectivity index (χ0) is 26.3. The zero-order valence-electron chi connectivity index (χ0n) is 21.9. The van der Waals surface area contributed by atoms with Crippen LogP contribution < -0.4 is 19.9 Å². The number of pyridine rings is 1. The molecule has 4 bridgehead atoms. The summed E-state index contributed by atoms with van der Waals surface area (Å²) in [5, 5.41) is 2.96. The molecule has 8 heteroatoms. The fourth-order valence-corrected chi connectivity index (χ4v) is 6.25. The number of benzene rings is 2. The van der Waals surface area contributed by atoms with E-state index < -0.39 is 5.41 Å². The van der Waals surface area contributed by atoms with Gasteiger partial charge in [0.1, 0.15) is 18.1 Å². The second kappa shape index (κ2) is 9.76. The van der Waals surface area contributed by atoms with E-state index in [0.717, 1.165) is 40.5 Å². The Balaban J connectivity index is 1.47. The summed E-state index contributed by atoms with van der Waals surface area (Å²) in [4.78, 5) is 38.0. The zero-order valence-corrected chi connectivity index (χ0v) is 21.9. The van der Waals surface area contributed by atoms with Crippen molar-refractivity contribution in [1.29, 1.82) is 0 Å². The Labute approximate surface area is 223 Å². The topological polar surface area (TPSA) is 78.0 Å². The van der Waals surface area contributed by atoms with Crippen molar-refractivity contribution in [3.8, 4) is 5.75 Å². The number of rotatable bonds is 3. The molecule has 2 amide bonds. The van der Waals surface area contributed by atoms with E-state index in [1.165, 1.54) is 0 Å². The van der Waals surface area contributed by atoms with Crippen molar-refractivity contribution in [2.45, 2.75) is 30.8 Å². The van der Waals surface area contributed by atoms with Crippen LogP contribution in [0.3, 0.4) is 0 Å². The fourth-order valence-electron chi connectivity index (χ4n) is 6.25. The normalized spacial score (nSPS) is 23.2. The molecule has 6 rings (SSSR count). The average molecular weight is 512 g/mol. The highest BCUT2D eigenvalue weighted by Gasteiger charge is 2.60. The first-order chi connectivity index (χ1) is 18.5. The van der Waals surface area contributed by atoms with Crippen LogP contribution in [0.4, 0.5) is 11.5 Å². The monoisotopic (exact) mass is 511 g/mol. The van der Waals surface area contributed by atoms with Gasteiger partial charge < -0.3 is 19.9 Å². The van der Waals surface area contributed by atoms with Crippen molar-refractivity contribution in [2.24, 2.45) is 0 Å². The van der Waals surface area contributed by atoms with Gasteiger partial charge in [0.25, 0.3) is 0 Å². The summed E-state index contributed by atoms with van der Waals surface area (Å²) in [7, 11) is 3.96. The van der Waals surface area contributed by atoms with Crippen molar-refractivity contribution < 1.29 is 14.3 Å². The Kier molecular flexibility index (Phi) is 6.27. The van der Waals surface area contributed by atoms with Gasteiger partial charge in [0.05, 0.1) is 18.1 Å². The third kappa shape index (κ3) is 4.09. The number of aromatic nitrogens is 1. The highest BCUT2D eigenvalue weighted by atomic mass is 16.5. The van der Waals surface area contributed by atoms with Crippen LogP contribution >= 0.6 is 0 Å². The number of carbonyl (C=O) groups is 2. The molecule has 3 aliphatic heterocycles. The lowest BCUT2D eigenvalue weighted by Gasteiger charge is -2.35. The molecule has 1 spiro atoms. The van der Waals surface area contributed by atoms with E-state index in [-0.39, 0.29) is 24.4 Å². The number of hydrogen-bond acceptors (Lipinski definition) is 6. The van der Waals surface area contributed by atoms with Gasteiger partial charge in [0, 0.05) is 45.6 Å². The second-order valence-electron chi connectivity index (χ2n) is 10.5. The van der Waals surface area contributed by atoms with Crippen LogP contribution in [0.25, 0.3) is 0 Å². The van der Waals surface area contributed by atoms with Gasteiger partial charge in [-0.05, 0) is 53.8 Å². The molecule has 3 aliphatic rings. The predicted octanol–water partition coefficient (Wildman–Crippen LogP) is 3.28. The van der Waals surface area contributed by atoms with Gasteiger partial charge in [-0.25, -0.2) is 4.98 Å². The summed E-state index contributed by atoms with van der Waals surface area (Å²) in [6, 6.07) is 20.0. The third-order valence-corrected chi connectivity index (χ3v) is 7.97. The van der Waals surface area contributed by atoms with Crippen molar-refractivity contribution in [2.75, 3.05) is 50.1 Å². The molecule has 0 aliphatic carbocycles. The lowest BCUT2D eigenvalue weighted by atomic mass is 9.72. The maximum absolute atomic E-state index is 14.5. The van der Waals surface area contributed by atoms with E-state index in [1.807, 2.05) is 61.6 Å². The molecule has 196 valence electrons. The molecular weight excluding hydrogens is 478 g/mol. The second-order valence-corrected chi connectivity index (χ2v) is 10.5. The van der Waals surface area contributed by atoms with Gasteiger partial charge in [-0.2, -0.15) is 0 Å². The molecular formula is C30H33N5O3. The molecule has 0 unspecified atom stereocenters. The smallest absolute Gasteiger partial charge is 0.240 e. The van der Waals surface area contributed by atoms with E-state index in [4.69, 9.17) is 4.74 Å². The summed E-state index contributed by atoms with van der Waals surface area (Å²) in [5.74, 6) is 1.52. The first kappa shape index (κ1) is 24.4. The number of ether oxygens (including phenoxy) is 1. The Bertz CT molecular complexity index is 1360. The highest BCUT2D eigenvalue weighted by Crippen LogP contribution is 2.57. The molecule has 1 aromatic heterocycles. The van der Waals surface area contributed by atoms with Gasteiger partial charge >= 0.3 is 0 Å². The summed E-state index contributed by atoms with van der Waals surface area (Å²) in [6.07, 6.45) is 3.28. The van der Waals surface area contributed by atoms with E-state index >= 15 is 0 Å². The largest absolute Gasteiger partial charge is 0.494 e. The quantitative estimate of drug-likeness (QED) is 0.582. The average Bonchev–Trinajstić information content (AvgIpc) is 3.40. The van der Waals surface area contributed by atoms with Gasteiger partial charge in [0.2, 0.25) is 11.8 Å². The van der Waals surface area contributed by atoms with Crippen LogP contribution in [-0.4, -0.2) is 62.0 Å². The van der Waals surface area contributed by atoms with Gasteiger partial charge in [0.15, 0.2) is 0 Å². The van der Waals surface area contributed by atoms with Gasteiger partial charge in [-0.15, -0.1) is 0 Å². The van der Waals surface area contributed by atoms with Crippen LogP contribution in [0.5, 0.6) is 5.75 Å². The molecule has 0 saturated carbocycles. The van der Waals surface area contributed by atoms with Crippen LogP contribution in [0, 0.1) is 0 Å². The van der Waals surface area contributed by atoms with Crippen molar-refractivity contribution in [1.82, 2.24) is 15.2 Å². The maximum atomic E-state index is 14.5. The minimum atomic E-state index is -0.795. The van der Waals surface area contributed by atoms with Gasteiger partial charge in [-0.1, -0.05) is 36.4 Å². The third-order valence-electron chi connectivity index (χ3n) is 7.97. The lowest BCUT2D eigenvalue weighted by molar-refractivity contribution is -0.127. The SMILES string of the molecule is CN(C)c1ccc(CN2CC[C@]34C(=O)N(CC(=O)NCCCOc5cccc(c5)[C@H]23)c2ccccc24)cn1. The number of carbonyl (C=O) groups excluding carboxylic acids is 2. The minimum absolute atomic E-state index is 0.00851. The molecule has 4 heterocycles. The van der Waals surface area contributed by atoms with Crippen LogP contribution in [0.15, 0.2) is 66.9 Å². The Hall–Kier alpha value is -3.91. The van der Waals surface area contributed by atoms with Crippen LogP contribution in [0.2, 0.25) is 0 Å². The Morgan fingerprint density at radius 3 is 2.79 bits per heavy atom. The number of likely N-dealkylation sites (tertiary alicyclic amines) is 1. The summed E-state index contributed by atoms with van der Waals surface area (Å²) in [5.41, 5.74) is 3.17. The standard InChI is InChI=1S/C30H33N5O3/c1-33(2)26-12-11-21(18-32-26)19-34-15-13-30-24-9-3-4-10-25(24)35(29(30)37)20-27(36)31-14-6-16-38-23-8-5-7-22(17-23)28(30)34/h3-5,7-12,17-18,28H,6,13-16,19-20H2,1-2H3,(H,31,36)/t28-,30+/m0/s1. The first-order valence-corrected chi connectivity index (χ1v) is 13.2. The number of para-hydroxylation sites is 1. The number of amides is 2. The molecule has 8 nitrogen and oxygen atoms in total. The Morgan fingerprint density at radius 1 is 1.11 bits per heavy atom.